The van der Waals surface area contributed by atoms with Gasteiger partial charge in [-0.25, -0.2) is 12.7 Å². The summed E-state index contributed by atoms with van der Waals surface area (Å²) in [6.07, 6.45) is 0.931. The summed E-state index contributed by atoms with van der Waals surface area (Å²) in [5.74, 6) is 0.320. The van der Waals surface area contributed by atoms with Crippen LogP contribution in [-0.4, -0.2) is 31.6 Å². The minimum Gasteiger partial charge on any atom is -0.211 e. The minimum atomic E-state index is -3.42. The van der Waals surface area contributed by atoms with E-state index >= 15 is 0 Å². The van der Waals surface area contributed by atoms with Gasteiger partial charge in [0.1, 0.15) is 0 Å². The average molecular weight is 218 g/mol. The summed E-state index contributed by atoms with van der Waals surface area (Å²) in [6.45, 7) is 5.88. The Balaban J connectivity index is 4.54. The molecule has 5 heteroatoms. The summed E-state index contributed by atoms with van der Waals surface area (Å²) in [6, 6.07) is 1.75. The summed E-state index contributed by atoms with van der Waals surface area (Å²) < 4.78 is 24.5. The van der Waals surface area contributed by atoms with Gasteiger partial charge in [-0.05, 0) is 12.8 Å². The molecule has 2 unspecified atom stereocenters. The number of hydrogen-bond acceptors (Lipinski definition) is 3. The molecule has 0 bridgehead atoms. The summed E-state index contributed by atoms with van der Waals surface area (Å²) in [5, 5.41) is 7.59. The maximum absolute atomic E-state index is 11.6. The predicted molar refractivity (Wildman–Crippen MR) is 56.1 cm³/mol. The van der Waals surface area contributed by atoms with Gasteiger partial charge in [-0.1, -0.05) is 20.3 Å². The van der Waals surface area contributed by atoms with Crippen molar-refractivity contribution in [3.8, 4) is 6.07 Å². The van der Waals surface area contributed by atoms with Crippen LogP contribution in [0.25, 0.3) is 0 Å². The van der Waals surface area contributed by atoms with Crippen molar-refractivity contribution < 1.29 is 8.42 Å². The van der Waals surface area contributed by atoms with Crippen molar-refractivity contribution in [2.45, 2.75) is 32.4 Å². The average Bonchev–Trinajstić information content (AvgIpc) is 2.15. The van der Waals surface area contributed by atoms with Crippen LogP contribution in [-0.2, 0) is 10.0 Å². The molecule has 0 aliphatic heterocycles. The van der Waals surface area contributed by atoms with E-state index in [0.717, 1.165) is 6.42 Å². The van der Waals surface area contributed by atoms with Crippen molar-refractivity contribution in [2.75, 3.05) is 13.6 Å². The molecule has 0 saturated heterocycles. The maximum Gasteiger partial charge on any atom is 0.229 e. The highest BCUT2D eigenvalue weighted by Gasteiger charge is 2.26. The second-order valence-electron chi connectivity index (χ2n) is 3.61. The van der Waals surface area contributed by atoms with E-state index in [0.29, 0.717) is 12.5 Å². The Morgan fingerprint density at radius 2 is 1.93 bits per heavy atom. The first-order valence-corrected chi connectivity index (χ1v) is 6.21. The molecule has 0 N–H and O–H groups in total. The number of sulfonamides is 1. The van der Waals surface area contributed by atoms with Gasteiger partial charge in [0.05, 0.1) is 6.07 Å². The van der Waals surface area contributed by atoms with Gasteiger partial charge in [-0.3, -0.25) is 0 Å². The summed E-state index contributed by atoms with van der Waals surface area (Å²) in [4.78, 5) is 0. The highest BCUT2D eigenvalue weighted by Crippen LogP contribution is 2.10. The molecule has 0 aromatic rings. The van der Waals surface area contributed by atoms with E-state index in [2.05, 4.69) is 0 Å². The Hall–Kier alpha value is -0.600. The zero-order valence-electron chi connectivity index (χ0n) is 9.19. The summed E-state index contributed by atoms with van der Waals surface area (Å²) >= 11 is 0. The van der Waals surface area contributed by atoms with Crippen LogP contribution in [0, 0.1) is 17.2 Å². The smallest absolute Gasteiger partial charge is 0.211 e. The van der Waals surface area contributed by atoms with Crippen molar-refractivity contribution in [1.82, 2.24) is 4.31 Å². The second-order valence-corrected chi connectivity index (χ2v) is 5.97. The lowest BCUT2D eigenvalue weighted by Gasteiger charge is -2.21. The van der Waals surface area contributed by atoms with Crippen LogP contribution in [0.5, 0.6) is 0 Å². The minimum absolute atomic E-state index is 0.320. The van der Waals surface area contributed by atoms with Crippen LogP contribution in [0.1, 0.15) is 27.2 Å². The Morgan fingerprint density at radius 1 is 1.43 bits per heavy atom. The maximum atomic E-state index is 11.6. The van der Waals surface area contributed by atoms with Gasteiger partial charge >= 0.3 is 0 Å². The Morgan fingerprint density at radius 3 is 2.29 bits per heavy atom. The fourth-order valence-electron chi connectivity index (χ4n) is 1.01. The first kappa shape index (κ1) is 13.4. The summed E-state index contributed by atoms with van der Waals surface area (Å²) in [5.41, 5.74) is 0. The third-order valence-corrected chi connectivity index (χ3v) is 4.35. The van der Waals surface area contributed by atoms with Crippen LogP contribution < -0.4 is 0 Å². The fourth-order valence-corrected chi connectivity index (χ4v) is 2.14. The van der Waals surface area contributed by atoms with Crippen LogP contribution in [0.2, 0.25) is 0 Å². The van der Waals surface area contributed by atoms with Gasteiger partial charge in [-0.2, -0.15) is 5.26 Å². The second kappa shape index (κ2) is 5.32. The fraction of sp³-hybridized carbons (Fsp3) is 0.889. The molecule has 0 amide bonds. The molecule has 2 atom stereocenters. The first-order valence-electron chi connectivity index (χ1n) is 4.71. The van der Waals surface area contributed by atoms with Gasteiger partial charge in [0, 0.05) is 13.6 Å². The number of rotatable bonds is 5. The molecule has 82 valence electrons. The molecule has 0 aromatic carbocycles. The molecule has 4 nitrogen and oxygen atoms in total. The molecular weight excluding hydrogens is 200 g/mol. The van der Waals surface area contributed by atoms with Gasteiger partial charge in [-0.15, -0.1) is 0 Å². The highest BCUT2D eigenvalue weighted by atomic mass is 32.2. The lowest BCUT2D eigenvalue weighted by Crippen LogP contribution is -2.36. The monoisotopic (exact) mass is 218 g/mol. The van der Waals surface area contributed by atoms with Crippen molar-refractivity contribution in [2.24, 2.45) is 5.92 Å². The van der Waals surface area contributed by atoms with Crippen LogP contribution in [0.15, 0.2) is 0 Å². The van der Waals surface area contributed by atoms with Crippen molar-refractivity contribution in [3.05, 3.63) is 0 Å². The van der Waals surface area contributed by atoms with Crippen molar-refractivity contribution in [3.63, 3.8) is 0 Å². The Kier molecular flexibility index (Phi) is 5.09. The molecule has 0 aliphatic rings. The normalized spacial score (nSPS) is 16.3. The topological polar surface area (TPSA) is 61.2 Å². The van der Waals surface area contributed by atoms with E-state index in [1.54, 1.807) is 6.07 Å². The first-order chi connectivity index (χ1) is 6.36. The molecule has 14 heavy (non-hydrogen) atoms. The molecular formula is C9H18N2O2S. The van der Waals surface area contributed by atoms with Crippen LogP contribution >= 0.6 is 0 Å². The van der Waals surface area contributed by atoms with E-state index in [4.69, 9.17) is 5.26 Å². The molecule has 0 aromatic heterocycles. The van der Waals surface area contributed by atoms with Gasteiger partial charge < -0.3 is 0 Å². The lowest BCUT2D eigenvalue weighted by atomic mass is 10.1. The number of hydrogen-bond donors (Lipinski definition) is 0. The van der Waals surface area contributed by atoms with Crippen LogP contribution in [0.3, 0.4) is 0 Å². The molecule has 0 radical (unpaired) electrons. The zero-order chi connectivity index (χ0) is 11.4. The van der Waals surface area contributed by atoms with Gasteiger partial charge in [0.15, 0.2) is 5.25 Å². The van der Waals surface area contributed by atoms with E-state index in [1.165, 1.54) is 18.3 Å². The predicted octanol–water partition coefficient (Wildman–Crippen LogP) is 1.21. The van der Waals surface area contributed by atoms with Crippen LogP contribution in [0.4, 0.5) is 0 Å². The largest absolute Gasteiger partial charge is 0.229 e. The quantitative estimate of drug-likeness (QED) is 0.696. The molecule has 0 rings (SSSR count). The Labute approximate surface area is 86.6 Å². The highest BCUT2D eigenvalue weighted by molar-refractivity contribution is 7.89. The molecule has 0 fully saturated rings. The third-order valence-electron chi connectivity index (χ3n) is 2.33. The molecule has 0 aliphatic carbocycles. The standard InChI is InChI=1S/C9H18N2O2S/c1-5-8(2)7-11(4)14(12,13)9(3)6-10/h8-9H,5,7H2,1-4H3. The third kappa shape index (κ3) is 3.28. The number of nitrogens with zero attached hydrogens (tertiary/aromatic N) is 2. The van der Waals surface area contributed by atoms with Crippen molar-refractivity contribution in [1.29, 1.82) is 5.26 Å². The van der Waals surface area contributed by atoms with E-state index in [9.17, 15) is 8.42 Å². The van der Waals surface area contributed by atoms with Crippen molar-refractivity contribution >= 4 is 10.0 Å². The van der Waals surface area contributed by atoms with E-state index in [-0.39, 0.29) is 0 Å². The van der Waals surface area contributed by atoms with Gasteiger partial charge in [0.25, 0.3) is 0 Å². The molecule has 0 spiro atoms. The zero-order valence-corrected chi connectivity index (χ0v) is 10.0. The van der Waals surface area contributed by atoms with Gasteiger partial charge in [0.2, 0.25) is 10.0 Å². The SMILES string of the molecule is CCC(C)CN(C)S(=O)(=O)C(C)C#N. The molecule has 0 saturated carbocycles. The van der Waals surface area contributed by atoms with E-state index < -0.39 is 15.3 Å². The van der Waals surface area contributed by atoms with E-state index in [1.807, 2.05) is 13.8 Å². The lowest BCUT2D eigenvalue weighted by molar-refractivity contribution is 0.392. The Bertz CT molecular complexity index is 305. The number of nitriles is 1. The summed E-state index contributed by atoms with van der Waals surface area (Å²) in [7, 11) is -1.90. The molecule has 0 heterocycles.